The first-order valence-electron chi connectivity index (χ1n) is 9.38. The third kappa shape index (κ3) is 4.49. The van der Waals surface area contributed by atoms with E-state index >= 15 is 0 Å². The molecule has 3 heterocycles. The summed E-state index contributed by atoms with van der Waals surface area (Å²) >= 11 is 1.80. The molecule has 1 amide bonds. The molecule has 1 aliphatic rings. The van der Waals surface area contributed by atoms with Crippen molar-refractivity contribution in [3.63, 3.8) is 0 Å². The minimum Gasteiger partial charge on any atom is -0.423 e. The van der Waals surface area contributed by atoms with Crippen molar-refractivity contribution in [2.24, 2.45) is 0 Å². The smallest absolute Gasteiger partial charge is 0.336 e. The number of nitrogens with one attached hydrogen (secondary N) is 1. The summed E-state index contributed by atoms with van der Waals surface area (Å²) in [7, 11) is 0. The third-order valence-electron chi connectivity index (χ3n) is 4.97. The lowest BCUT2D eigenvalue weighted by molar-refractivity contribution is -0.114. The van der Waals surface area contributed by atoms with E-state index in [9.17, 15) is 9.59 Å². The van der Waals surface area contributed by atoms with Crippen molar-refractivity contribution in [3.8, 4) is 0 Å². The molecule has 0 radical (unpaired) electrons. The number of carbonyl (C=O) groups is 1. The van der Waals surface area contributed by atoms with Crippen LogP contribution >= 0.6 is 11.3 Å². The van der Waals surface area contributed by atoms with Crippen LogP contribution in [-0.2, 0) is 17.9 Å². The molecule has 1 fully saturated rings. The van der Waals surface area contributed by atoms with E-state index in [4.69, 9.17) is 4.42 Å². The predicted molar refractivity (Wildman–Crippen MR) is 112 cm³/mol. The Morgan fingerprint density at radius 2 is 1.86 bits per heavy atom. The summed E-state index contributed by atoms with van der Waals surface area (Å²) in [6.07, 6.45) is 0. The summed E-state index contributed by atoms with van der Waals surface area (Å²) in [5.41, 5.74) is 1.73. The highest BCUT2D eigenvalue weighted by atomic mass is 32.1. The summed E-state index contributed by atoms with van der Waals surface area (Å²) in [6.45, 7) is 7.15. The molecule has 1 N–H and O–H groups in total. The number of benzene rings is 1. The van der Waals surface area contributed by atoms with Gasteiger partial charge in [-0.25, -0.2) is 4.79 Å². The zero-order chi connectivity index (χ0) is 19.5. The van der Waals surface area contributed by atoms with Gasteiger partial charge in [0.05, 0.1) is 0 Å². The minimum absolute atomic E-state index is 0.154. The normalized spacial score (nSPS) is 15.8. The van der Waals surface area contributed by atoms with Crippen molar-refractivity contribution in [1.29, 1.82) is 0 Å². The van der Waals surface area contributed by atoms with Gasteiger partial charge in [0.15, 0.2) is 0 Å². The van der Waals surface area contributed by atoms with Gasteiger partial charge in [0, 0.05) is 74.3 Å². The average molecular weight is 398 g/mol. The lowest BCUT2D eigenvalue weighted by atomic mass is 10.1. The molecule has 28 heavy (non-hydrogen) atoms. The van der Waals surface area contributed by atoms with Crippen LogP contribution < -0.4 is 10.9 Å². The van der Waals surface area contributed by atoms with Crippen LogP contribution in [0.25, 0.3) is 11.0 Å². The Hall–Kier alpha value is -2.48. The molecule has 1 aliphatic heterocycles. The van der Waals surface area contributed by atoms with E-state index in [1.807, 2.05) is 12.1 Å². The molecule has 146 valence electrons. The van der Waals surface area contributed by atoms with Crippen LogP contribution in [0.1, 0.15) is 17.4 Å². The molecule has 1 aromatic carbocycles. The summed E-state index contributed by atoms with van der Waals surface area (Å²) in [5, 5.41) is 5.76. The van der Waals surface area contributed by atoms with Crippen LogP contribution in [0.15, 0.2) is 51.0 Å². The fraction of sp³-hybridized carbons (Fsp3) is 0.333. The lowest BCUT2D eigenvalue weighted by Crippen LogP contribution is -2.45. The van der Waals surface area contributed by atoms with Crippen LogP contribution in [0.4, 0.5) is 5.69 Å². The van der Waals surface area contributed by atoms with Gasteiger partial charge >= 0.3 is 5.63 Å². The molecule has 0 saturated carbocycles. The first-order chi connectivity index (χ1) is 13.6. The highest BCUT2D eigenvalue weighted by Gasteiger charge is 2.19. The van der Waals surface area contributed by atoms with Crippen LogP contribution in [0.5, 0.6) is 0 Å². The second-order valence-electron chi connectivity index (χ2n) is 7.11. The van der Waals surface area contributed by atoms with Gasteiger partial charge in [0.2, 0.25) is 5.91 Å². The molecular weight excluding hydrogens is 374 g/mol. The molecule has 7 heteroatoms. The van der Waals surface area contributed by atoms with E-state index in [0.717, 1.165) is 43.7 Å². The molecule has 0 atom stereocenters. The Balaban J connectivity index is 1.46. The van der Waals surface area contributed by atoms with Crippen LogP contribution in [0.3, 0.4) is 0 Å². The minimum atomic E-state index is -0.362. The first kappa shape index (κ1) is 18.9. The quantitative estimate of drug-likeness (QED) is 0.670. The van der Waals surface area contributed by atoms with Crippen molar-refractivity contribution < 1.29 is 9.21 Å². The number of rotatable bonds is 5. The first-order valence-corrected chi connectivity index (χ1v) is 10.3. The number of hydrogen-bond donors (Lipinski definition) is 1. The Labute approximate surface area is 167 Å². The van der Waals surface area contributed by atoms with Crippen LogP contribution in [-0.4, -0.2) is 41.9 Å². The standard InChI is InChI=1S/C21H23N3O3S/c1-15(25)22-17-4-5-19-16(11-21(26)27-20(19)12-17)13-23-6-8-24(9-7-23)14-18-3-2-10-28-18/h2-5,10-12H,6-9,13-14H2,1H3,(H,22,25). The van der Waals surface area contributed by atoms with E-state index < -0.39 is 0 Å². The van der Waals surface area contributed by atoms with Crippen molar-refractivity contribution in [1.82, 2.24) is 9.80 Å². The van der Waals surface area contributed by atoms with E-state index in [1.165, 1.54) is 11.8 Å². The van der Waals surface area contributed by atoms with E-state index in [1.54, 1.807) is 23.5 Å². The molecule has 3 aromatic rings. The molecular formula is C21H23N3O3S. The van der Waals surface area contributed by atoms with E-state index in [0.29, 0.717) is 17.8 Å². The fourth-order valence-electron chi connectivity index (χ4n) is 3.61. The van der Waals surface area contributed by atoms with Gasteiger partial charge in [-0.05, 0) is 29.1 Å². The lowest BCUT2D eigenvalue weighted by Gasteiger charge is -2.34. The highest BCUT2D eigenvalue weighted by Crippen LogP contribution is 2.23. The maximum absolute atomic E-state index is 12.0. The predicted octanol–water partition coefficient (Wildman–Crippen LogP) is 3.13. The Morgan fingerprint density at radius 1 is 1.11 bits per heavy atom. The second kappa shape index (κ2) is 8.26. The van der Waals surface area contributed by atoms with Gasteiger partial charge in [-0.1, -0.05) is 6.07 Å². The maximum atomic E-state index is 12.0. The SMILES string of the molecule is CC(=O)Nc1ccc2c(CN3CCN(Cc4cccs4)CC3)cc(=O)oc2c1. The maximum Gasteiger partial charge on any atom is 0.336 e. The van der Waals surface area contributed by atoms with Gasteiger partial charge in [0.1, 0.15) is 5.58 Å². The summed E-state index contributed by atoms with van der Waals surface area (Å²) in [5.74, 6) is -0.154. The molecule has 4 rings (SSSR count). The summed E-state index contributed by atoms with van der Waals surface area (Å²) < 4.78 is 5.36. The molecule has 0 spiro atoms. The van der Waals surface area contributed by atoms with Gasteiger partial charge in [0.25, 0.3) is 0 Å². The van der Waals surface area contributed by atoms with Crippen molar-refractivity contribution >= 4 is 33.9 Å². The summed E-state index contributed by atoms with van der Waals surface area (Å²) in [6, 6.07) is 11.3. The van der Waals surface area contributed by atoms with Crippen molar-refractivity contribution in [2.45, 2.75) is 20.0 Å². The van der Waals surface area contributed by atoms with E-state index in [-0.39, 0.29) is 11.5 Å². The fourth-order valence-corrected chi connectivity index (χ4v) is 4.36. The number of hydrogen-bond acceptors (Lipinski definition) is 6. The second-order valence-corrected chi connectivity index (χ2v) is 8.15. The molecule has 0 bridgehead atoms. The van der Waals surface area contributed by atoms with E-state index in [2.05, 4.69) is 32.6 Å². The van der Waals surface area contributed by atoms with Crippen LogP contribution in [0.2, 0.25) is 0 Å². The number of fused-ring (bicyclic) bond motifs is 1. The molecule has 0 aliphatic carbocycles. The molecule has 6 nitrogen and oxygen atoms in total. The number of piperazine rings is 1. The third-order valence-corrected chi connectivity index (χ3v) is 5.83. The van der Waals surface area contributed by atoms with Gasteiger partial charge in [-0.2, -0.15) is 0 Å². The number of thiophene rings is 1. The Morgan fingerprint density at radius 3 is 2.54 bits per heavy atom. The van der Waals surface area contributed by atoms with Gasteiger partial charge in [-0.15, -0.1) is 11.3 Å². The molecule has 2 aromatic heterocycles. The summed E-state index contributed by atoms with van der Waals surface area (Å²) in [4.78, 5) is 29.5. The molecule has 0 unspecified atom stereocenters. The topological polar surface area (TPSA) is 65.8 Å². The number of carbonyl (C=O) groups excluding carboxylic acids is 1. The zero-order valence-electron chi connectivity index (χ0n) is 15.8. The van der Waals surface area contributed by atoms with Crippen molar-refractivity contribution in [2.75, 3.05) is 31.5 Å². The van der Waals surface area contributed by atoms with Gasteiger partial charge < -0.3 is 9.73 Å². The largest absolute Gasteiger partial charge is 0.423 e. The highest BCUT2D eigenvalue weighted by molar-refractivity contribution is 7.09. The van der Waals surface area contributed by atoms with Gasteiger partial charge in [-0.3, -0.25) is 14.6 Å². The monoisotopic (exact) mass is 397 g/mol. The number of amides is 1. The zero-order valence-corrected chi connectivity index (χ0v) is 16.6. The van der Waals surface area contributed by atoms with Crippen LogP contribution in [0, 0.1) is 0 Å². The number of nitrogens with zero attached hydrogens (tertiary/aromatic N) is 2. The average Bonchev–Trinajstić information content (AvgIpc) is 3.15. The molecule has 1 saturated heterocycles. The Bertz CT molecular complexity index is 1020. The Kier molecular flexibility index (Phi) is 5.57. The van der Waals surface area contributed by atoms with Crippen molar-refractivity contribution in [3.05, 3.63) is 62.6 Å². The number of anilines is 1.